The van der Waals surface area contributed by atoms with E-state index in [1.807, 2.05) is 0 Å². The molecular formula is C15H8ClF2N5. The number of azide groups is 1. The van der Waals surface area contributed by atoms with Crippen molar-refractivity contribution in [3.8, 4) is 11.3 Å². The number of hydrogen-bond acceptors (Lipinski definition) is 3. The summed E-state index contributed by atoms with van der Waals surface area (Å²) in [6.45, 7) is -0.157. The summed E-state index contributed by atoms with van der Waals surface area (Å²) in [5, 5.41) is 3.86. The van der Waals surface area contributed by atoms with Crippen LogP contribution in [0.5, 0.6) is 0 Å². The summed E-state index contributed by atoms with van der Waals surface area (Å²) in [4.78, 5) is 11.1. The van der Waals surface area contributed by atoms with Crippen LogP contribution in [0.15, 0.2) is 41.5 Å². The fourth-order valence-electron chi connectivity index (χ4n) is 2.18. The number of hydrogen-bond donors (Lipinski definition) is 0. The number of rotatable bonds is 3. The van der Waals surface area contributed by atoms with Gasteiger partial charge in [0.05, 0.1) is 28.5 Å². The first-order chi connectivity index (χ1) is 11.1. The van der Waals surface area contributed by atoms with Gasteiger partial charge >= 0.3 is 0 Å². The first kappa shape index (κ1) is 15.1. The molecule has 0 aliphatic rings. The van der Waals surface area contributed by atoms with Crippen LogP contribution in [0.3, 0.4) is 0 Å². The molecule has 114 valence electrons. The van der Waals surface area contributed by atoms with Crippen LogP contribution >= 0.6 is 11.6 Å². The summed E-state index contributed by atoms with van der Waals surface area (Å²) in [7, 11) is 0. The molecule has 0 spiro atoms. The van der Waals surface area contributed by atoms with E-state index in [1.165, 1.54) is 6.07 Å². The van der Waals surface area contributed by atoms with Crippen LogP contribution in [0, 0.1) is 11.6 Å². The Hall–Kier alpha value is -2.76. The van der Waals surface area contributed by atoms with Gasteiger partial charge in [0, 0.05) is 10.5 Å². The fraction of sp³-hybridized carbons (Fsp3) is 0.0667. The average molecular weight is 332 g/mol. The Morgan fingerprint density at radius 2 is 1.91 bits per heavy atom. The van der Waals surface area contributed by atoms with Crippen molar-refractivity contribution < 1.29 is 8.78 Å². The van der Waals surface area contributed by atoms with Gasteiger partial charge in [0.15, 0.2) is 11.6 Å². The highest BCUT2D eigenvalue weighted by Crippen LogP contribution is 2.30. The van der Waals surface area contributed by atoms with Crippen molar-refractivity contribution in [2.75, 3.05) is 0 Å². The molecule has 3 rings (SSSR count). The number of benzene rings is 2. The Morgan fingerprint density at radius 1 is 1.13 bits per heavy atom. The Balaban J connectivity index is 2.33. The maximum atomic E-state index is 13.9. The maximum absolute atomic E-state index is 13.9. The molecule has 1 heterocycles. The topological polar surface area (TPSA) is 74.5 Å². The van der Waals surface area contributed by atoms with E-state index in [9.17, 15) is 8.78 Å². The van der Waals surface area contributed by atoms with Gasteiger partial charge in [0.25, 0.3) is 0 Å². The monoisotopic (exact) mass is 331 g/mol. The molecule has 3 aromatic rings. The first-order valence-corrected chi connectivity index (χ1v) is 6.90. The van der Waals surface area contributed by atoms with Crippen molar-refractivity contribution in [1.29, 1.82) is 0 Å². The molecule has 0 atom stereocenters. The van der Waals surface area contributed by atoms with Gasteiger partial charge in [-0.25, -0.2) is 18.7 Å². The molecule has 0 amide bonds. The first-order valence-electron chi connectivity index (χ1n) is 6.52. The number of nitrogens with zero attached hydrogens (tertiary/aromatic N) is 5. The fourth-order valence-corrected chi connectivity index (χ4v) is 2.40. The highest BCUT2D eigenvalue weighted by atomic mass is 35.5. The molecule has 1 aromatic heterocycles. The van der Waals surface area contributed by atoms with Gasteiger partial charge in [0.2, 0.25) is 0 Å². The standard InChI is InChI=1S/C15H8ClF2N5/c16-9-4-2-1-3-8(9)14-12(7-20-23-19)22-15-11(21-14)6-5-10(17)13(15)18/h1-6H,7H2. The molecule has 0 fully saturated rings. The Bertz CT molecular complexity index is 954. The smallest absolute Gasteiger partial charge is 0.186 e. The zero-order valence-corrected chi connectivity index (χ0v) is 12.3. The molecule has 0 aliphatic carbocycles. The quantitative estimate of drug-likeness (QED) is 0.383. The minimum absolute atomic E-state index is 0.157. The Morgan fingerprint density at radius 3 is 2.65 bits per heavy atom. The van der Waals surface area contributed by atoms with E-state index >= 15 is 0 Å². The van der Waals surface area contributed by atoms with Crippen LogP contribution in [0.25, 0.3) is 32.7 Å². The van der Waals surface area contributed by atoms with E-state index in [0.717, 1.165) is 6.07 Å². The molecule has 0 aliphatic heterocycles. The van der Waals surface area contributed by atoms with Gasteiger partial charge in [-0.05, 0) is 23.7 Å². The second-order valence-electron chi connectivity index (χ2n) is 4.62. The van der Waals surface area contributed by atoms with Gasteiger partial charge in [-0.2, -0.15) is 0 Å². The highest BCUT2D eigenvalue weighted by molar-refractivity contribution is 6.33. The van der Waals surface area contributed by atoms with Crippen LogP contribution in [0.4, 0.5) is 8.78 Å². The molecule has 0 saturated heterocycles. The van der Waals surface area contributed by atoms with E-state index in [2.05, 4.69) is 20.0 Å². The zero-order valence-electron chi connectivity index (χ0n) is 11.5. The largest absolute Gasteiger partial charge is 0.246 e. The Labute approximate surface area is 134 Å². The summed E-state index contributed by atoms with van der Waals surface area (Å²) in [5.74, 6) is -2.12. The third-order valence-electron chi connectivity index (χ3n) is 3.21. The van der Waals surface area contributed by atoms with Crippen LogP contribution in [0.2, 0.25) is 5.02 Å². The maximum Gasteiger partial charge on any atom is 0.186 e. The lowest BCUT2D eigenvalue weighted by Gasteiger charge is -2.10. The lowest BCUT2D eigenvalue weighted by atomic mass is 10.1. The van der Waals surface area contributed by atoms with Crippen LogP contribution in [-0.2, 0) is 6.54 Å². The van der Waals surface area contributed by atoms with Crippen molar-refractivity contribution in [3.05, 3.63) is 69.2 Å². The molecule has 2 aromatic carbocycles. The van der Waals surface area contributed by atoms with Crippen LogP contribution in [-0.4, -0.2) is 9.97 Å². The lowest BCUT2D eigenvalue weighted by molar-refractivity contribution is 0.515. The highest BCUT2D eigenvalue weighted by Gasteiger charge is 2.16. The predicted molar refractivity (Wildman–Crippen MR) is 82.8 cm³/mol. The van der Waals surface area contributed by atoms with Crippen molar-refractivity contribution in [3.63, 3.8) is 0 Å². The van der Waals surface area contributed by atoms with Crippen molar-refractivity contribution in [2.24, 2.45) is 5.11 Å². The second kappa shape index (κ2) is 6.16. The number of halogens is 3. The normalized spacial score (nSPS) is 10.6. The van der Waals surface area contributed by atoms with E-state index < -0.39 is 11.6 Å². The van der Waals surface area contributed by atoms with Crippen LogP contribution in [0.1, 0.15) is 5.69 Å². The van der Waals surface area contributed by atoms with Gasteiger partial charge in [0.1, 0.15) is 5.52 Å². The number of fused-ring (bicyclic) bond motifs is 1. The minimum atomic E-state index is -1.09. The molecule has 0 N–H and O–H groups in total. The molecule has 0 saturated carbocycles. The minimum Gasteiger partial charge on any atom is -0.246 e. The SMILES string of the molecule is [N-]=[N+]=NCc1nc2c(F)c(F)ccc2nc1-c1ccccc1Cl. The molecule has 8 heteroatoms. The molecule has 0 radical (unpaired) electrons. The summed E-state index contributed by atoms with van der Waals surface area (Å²) >= 11 is 6.17. The van der Waals surface area contributed by atoms with Crippen molar-refractivity contribution in [2.45, 2.75) is 6.54 Å². The van der Waals surface area contributed by atoms with E-state index in [1.54, 1.807) is 24.3 Å². The molecule has 0 bridgehead atoms. The molecule has 23 heavy (non-hydrogen) atoms. The van der Waals surface area contributed by atoms with E-state index in [0.29, 0.717) is 16.3 Å². The predicted octanol–water partition coefficient (Wildman–Crippen LogP) is 5.04. The zero-order chi connectivity index (χ0) is 16.4. The van der Waals surface area contributed by atoms with Crippen molar-refractivity contribution in [1.82, 2.24) is 9.97 Å². The van der Waals surface area contributed by atoms with Gasteiger partial charge in [-0.1, -0.05) is 34.9 Å². The van der Waals surface area contributed by atoms with Gasteiger partial charge in [-0.3, -0.25) is 0 Å². The van der Waals surface area contributed by atoms with E-state index in [-0.39, 0.29) is 23.3 Å². The van der Waals surface area contributed by atoms with Gasteiger partial charge < -0.3 is 0 Å². The second-order valence-corrected chi connectivity index (χ2v) is 5.02. The lowest BCUT2D eigenvalue weighted by Crippen LogP contribution is -2.01. The number of aromatic nitrogens is 2. The Kier molecular flexibility index (Phi) is 4.06. The van der Waals surface area contributed by atoms with Gasteiger partial charge in [-0.15, -0.1) is 0 Å². The molecular weight excluding hydrogens is 324 g/mol. The third kappa shape index (κ3) is 2.79. The van der Waals surface area contributed by atoms with E-state index in [4.69, 9.17) is 17.1 Å². The molecule has 0 unspecified atom stereocenters. The summed E-state index contributed by atoms with van der Waals surface area (Å²) in [5.41, 5.74) is 9.62. The summed E-state index contributed by atoms with van der Waals surface area (Å²) < 4.78 is 27.3. The average Bonchev–Trinajstić information content (AvgIpc) is 2.56. The van der Waals surface area contributed by atoms with Crippen LogP contribution < -0.4 is 0 Å². The third-order valence-corrected chi connectivity index (χ3v) is 3.54. The summed E-state index contributed by atoms with van der Waals surface area (Å²) in [6.07, 6.45) is 0. The molecule has 5 nitrogen and oxygen atoms in total. The van der Waals surface area contributed by atoms with Crippen molar-refractivity contribution >= 4 is 22.6 Å². The summed E-state index contributed by atoms with van der Waals surface area (Å²) in [6, 6.07) is 9.22.